The van der Waals surface area contributed by atoms with E-state index in [1.54, 1.807) is 20.8 Å². The van der Waals surface area contributed by atoms with Crippen LogP contribution in [0.2, 0.25) is 18.1 Å². The van der Waals surface area contributed by atoms with Crippen LogP contribution in [0.4, 0.5) is 0 Å². The van der Waals surface area contributed by atoms with Gasteiger partial charge in [0.15, 0.2) is 19.9 Å². The number of ether oxygens (including phenoxy) is 2. The Labute approximate surface area is 377 Å². The minimum atomic E-state index is -2.09. The van der Waals surface area contributed by atoms with Gasteiger partial charge in [0.25, 0.3) is 0 Å². The van der Waals surface area contributed by atoms with Gasteiger partial charge in [-0.25, -0.2) is 0 Å². The zero-order chi connectivity index (χ0) is 47.4. The first-order valence-electron chi connectivity index (χ1n) is 24.1. The Hall–Kier alpha value is -1.36. The first-order valence-corrected chi connectivity index (χ1v) is 26.7. The monoisotopic (exact) mass is 903 g/mol. The lowest BCUT2D eigenvalue weighted by molar-refractivity contribution is -0.302. The van der Waals surface area contributed by atoms with E-state index in [0.29, 0.717) is 48.3 Å². The Kier molecular flexibility index (Phi) is 12.0. The minimum Gasteiger partial charge on any atom is -0.413 e. The molecule has 0 amide bonds. The topological polar surface area (TPSA) is 203 Å². The molecule has 6 aliphatic carbocycles. The van der Waals surface area contributed by atoms with Gasteiger partial charge in [-0.05, 0) is 91.8 Å². The molecule has 7 N–H and O–H groups in total. The fraction of sp³-hybridized carbons (Fsp3) is 0.880. The third-order valence-corrected chi connectivity index (χ3v) is 25.6. The van der Waals surface area contributed by atoms with Crippen molar-refractivity contribution >= 4 is 19.9 Å². The van der Waals surface area contributed by atoms with Crippen LogP contribution >= 0.6 is 0 Å². The maximum absolute atomic E-state index is 14.6. The second-order valence-corrected chi connectivity index (χ2v) is 28.5. The van der Waals surface area contributed by atoms with Gasteiger partial charge >= 0.3 is 0 Å². The van der Waals surface area contributed by atoms with Gasteiger partial charge in [0.1, 0.15) is 12.2 Å². The Morgan fingerprint density at radius 1 is 0.619 bits per heavy atom. The number of ketones is 2. The summed E-state index contributed by atoms with van der Waals surface area (Å²) in [6.07, 6.45) is -4.93. The fourth-order valence-electron chi connectivity index (χ4n) is 16.4. The number of aliphatic hydroxyl groups excluding tert-OH is 5. The number of hydrogen-bond acceptors (Lipinski definition) is 12. The second-order valence-electron chi connectivity index (χ2n) is 23.8. The molecule has 2 saturated heterocycles. The highest BCUT2D eigenvalue weighted by Gasteiger charge is 2.75. The standard InChI is InChI=1S/C28H48O6Si.C22H34O6/c1-10-35(11-2,12-3)34-20-13-19-26(8,15-33-19)23-17(5)28(32)14-18(29)16(4)21(25(28,6)7)22(30)24(31)27(20,23)9;1-10-12(23)8-22(27)11(2)17-20(5)9-28-14(20)7-13(24)21(17,6)18(26)16(25)15(10)19(22,3)4/h17-20,22-23,29-30,32H,10-15H2,1-9H3;11-14,16-17,23-25,27H,7-9H2,1-6H3/t17-,18-,19+,20-,22+,23?,26+,27+,28+;11-,12-,13-,14+,16+,17?,20+,21+,22+/m00/s1. The normalized spacial score (nSPS) is 51.0. The molecule has 2 aliphatic heterocycles. The van der Waals surface area contributed by atoms with Crippen LogP contribution in [-0.2, 0) is 23.5 Å². The summed E-state index contributed by atoms with van der Waals surface area (Å²) in [6, 6.07) is 2.92. The number of carbonyl (C=O) groups is 2. The van der Waals surface area contributed by atoms with Crippen LogP contribution in [0.1, 0.15) is 130 Å². The molecule has 0 radical (unpaired) electrons. The van der Waals surface area contributed by atoms with Crippen molar-refractivity contribution in [3.63, 3.8) is 0 Å². The molecule has 4 bridgehead atoms. The molecule has 358 valence electrons. The molecular formula is C50H82O12Si. The summed E-state index contributed by atoms with van der Waals surface area (Å²) in [6.45, 7) is 30.6. The summed E-state index contributed by atoms with van der Waals surface area (Å²) in [5, 5.41) is 80.2. The predicted molar refractivity (Wildman–Crippen MR) is 241 cm³/mol. The first-order chi connectivity index (χ1) is 28.8. The summed E-state index contributed by atoms with van der Waals surface area (Å²) in [5.41, 5.74) is -5.25. The molecular weight excluding hydrogens is 821 g/mol. The molecule has 2 unspecified atom stereocenters. The molecule has 4 saturated carbocycles. The van der Waals surface area contributed by atoms with Crippen molar-refractivity contribution < 1.29 is 59.2 Å². The van der Waals surface area contributed by atoms with Crippen molar-refractivity contribution in [2.45, 2.75) is 208 Å². The SMILES string of the molecule is CC1=C2[C@@H](O)C(=O)[C@@]3(C)C([C@H](C)[C@](O)(C[C@@H]1O)C2(C)C)[C@]1(C)CO[C@@H]1C[C@@H]3O.CC[Si](CC)(CC)O[C@H]1C[C@H]2OC[C@@]2(C)C2[C@H](C)[C@]3(O)C[C@H](O)C(C)=C([C@@H](O)C(=O)[C@@]21C)C3(C)C. The van der Waals surface area contributed by atoms with Gasteiger partial charge in [0, 0.05) is 47.3 Å². The van der Waals surface area contributed by atoms with Crippen LogP contribution in [0.15, 0.2) is 22.3 Å². The molecule has 8 aliphatic rings. The number of aliphatic hydroxyl groups is 7. The molecule has 0 aromatic heterocycles. The lowest BCUT2D eigenvalue weighted by Crippen LogP contribution is -2.75. The van der Waals surface area contributed by atoms with Gasteiger partial charge in [-0.15, -0.1) is 0 Å². The summed E-state index contributed by atoms with van der Waals surface area (Å²) < 4.78 is 18.9. The van der Waals surface area contributed by atoms with E-state index in [-0.39, 0.29) is 65.5 Å². The van der Waals surface area contributed by atoms with Gasteiger partial charge in [0.05, 0.1) is 71.9 Å². The Bertz CT molecular complexity index is 1930. The van der Waals surface area contributed by atoms with Crippen molar-refractivity contribution in [2.75, 3.05) is 13.2 Å². The molecule has 12 nitrogen and oxygen atoms in total. The van der Waals surface area contributed by atoms with Gasteiger partial charge in [-0.1, -0.05) is 76.2 Å². The van der Waals surface area contributed by atoms with Crippen LogP contribution in [0.5, 0.6) is 0 Å². The average molecular weight is 903 g/mol. The number of rotatable bonds is 5. The fourth-order valence-corrected chi connectivity index (χ4v) is 19.3. The molecule has 0 spiro atoms. The number of hydrogen-bond donors (Lipinski definition) is 7. The van der Waals surface area contributed by atoms with Gasteiger partial charge in [-0.2, -0.15) is 0 Å². The van der Waals surface area contributed by atoms with Gasteiger partial charge in [0.2, 0.25) is 0 Å². The van der Waals surface area contributed by atoms with Gasteiger partial charge in [-0.3, -0.25) is 9.59 Å². The zero-order valence-electron chi connectivity index (χ0n) is 41.0. The quantitative estimate of drug-likeness (QED) is 0.137. The third-order valence-electron chi connectivity index (χ3n) is 20.9. The van der Waals surface area contributed by atoms with Crippen LogP contribution in [0, 0.1) is 56.2 Å². The number of fused-ring (bicyclic) bond motifs is 10. The van der Waals surface area contributed by atoms with E-state index in [9.17, 15) is 45.3 Å². The summed E-state index contributed by atoms with van der Waals surface area (Å²) in [5.74, 6) is -2.00. The van der Waals surface area contributed by atoms with E-state index in [1.165, 1.54) is 0 Å². The molecule has 18 atom stereocenters. The van der Waals surface area contributed by atoms with E-state index in [2.05, 4.69) is 34.6 Å². The number of carbonyl (C=O) groups excluding carboxylic acids is 2. The highest BCUT2D eigenvalue weighted by molar-refractivity contribution is 6.73. The van der Waals surface area contributed by atoms with Crippen LogP contribution in [0.25, 0.3) is 0 Å². The Morgan fingerprint density at radius 3 is 1.35 bits per heavy atom. The van der Waals surface area contributed by atoms with Crippen LogP contribution in [0.3, 0.4) is 0 Å². The summed E-state index contributed by atoms with van der Waals surface area (Å²) in [4.78, 5) is 28.3. The molecule has 0 aromatic rings. The summed E-state index contributed by atoms with van der Waals surface area (Å²) in [7, 11) is -2.09. The van der Waals surface area contributed by atoms with Crippen molar-refractivity contribution in [3.8, 4) is 0 Å². The highest BCUT2D eigenvalue weighted by Crippen LogP contribution is 2.69. The smallest absolute Gasteiger partial charge is 0.192 e. The molecule has 2 heterocycles. The number of Topliss-reactive ketones (excluding diaryl/α,β-unsaturated/α-hetero) is 2. The Balaban J connectivity index is 0.000000193. The van der Waals surface area contributed by atoms with E-state index in [0.717, 1.165) is 18.1 Å². The van der Waals surface area contributed by atoms with Gasteiger partial charge < -0.3 is 49.6 Å². The van der Waals surface area contributed by atoms with Crippen LogP contribution in [-0.4, -0.2) is 129 Å². The average Bonchev–Trinajstić information content (AvgIpc) is 3.21. The Morgan fingerprint density at radius 2 is 0.984 bits per heavy atom. The van der Waals surface area contributed by atoms with Crippen LogP contribution < -0.4 is 0 Å². The molecule has 6 fully saturated rings. The van der Waals surface area contributed by atoms with Crippen molar-refractivity contribution in [2.24, 2.45) is 56.2 Å². The molecule has 13 heteroatoms. The molecule has 8 rings (SSSR count). The zero-order valence-corrected chi connectivity index (χ0v) is 42.0. The lowest BCUT2D eigenvalue weighted by Gasteiger charge is -2.69. The van der Waals surface area contributed by atoms with E-state index in [1.807, 2.05) is 48.5 Å². The highest BCUT2D eigenvalue weighted by atomic mass is 28.4. The summed E-state index contributed by atoms with van der Waals surface area (Å²) >= 11 is 0. The lowest BCUT2D eigenvalue weighted by atomic mass is 9.40. The molecule has 0 aromatic carbocycles. The van der Waals surface area contributed by atoms with Crippen molar-refractivity contribution in [1.29, 1.82) is 0 Å². The maximum Gasteiger partial charge on any atom is 0.192 e. The third kappa shape index (κ3) is 6.12. The minimum absolute atomic E-state index is 0.0494. The van der Waals surface area contributed by atoms with E-state index in [4.69, 9.17) is 13.9 Å². The predicted octanol–water partition coefficient (Wildman–Crippen LogP) is 5.42. The van der Waals surface area contributed by atoms with E-state index < -0.39 is 83.4 Å². The second kappa shape index (κ2) is 15.3. The van der Waals surface area contributed by atoms with Crippen molar-refractivity contribution in [3.05, 3.63) is 22.3 Å². The maximum atomic E-state index is 14.6. The molecule has 63 heavy (non-hydrogen) atoms. The van der Waals surface area contributed by atoms with E-state index >= 15 is 0 Å². The first kappa shape index (κ1) is 49.5. The largest absolute Gasteiger partial charge is 0.413 e. The van der Waals surface area contributed by atoms with Crippen molar-refractivity contribution in [1.82, 2.24) is 0 Å².